The summed E-state index contributed by atoms with van der Waals surface area (Å²) in [7, 11) is 0. The Balaban J connectivity index is 1.76. The van der Waals surface area contributed by atoms with E-state index < -0.39 is 0 Å². The summed E-state index contributed by atoms with van der Waals surface area (Å²) in [5.41, 5.74) is 3.92. The van der Waals surface area contributed by atoms with Gasteiger partial charge in [-0.3, -0.25) is 0 Å². The van der Waals surface area contributed by atoms with E-state index in [4.69, 9.17) is 0 Å². The highest BCUT2D eigenvalue weighted by Gasteiger charge is 2.25. The lowest BCUT2D eigenvalue weighted by Crippen LogP contribution is -2.07. The SMILES string of the molecule is c1cc2c(cc1C1CCNC1)ncn2C1CC1. The maximum atomic E-state index is 4.55. The Labute approximate surface area is 101 Å². The Morgan fingerprint density at radius 2 is 2.18 bits per heavy atom. The standard InChI is InChI=1S/C14H17N3/c1-4-14-13(16-9-17(14)12-2-3-12)7-10(1)11-5-6-15-8-11/h1,4,7,9,11-12,15H,2-3,5-6,8H2. The summed E-state index contributed by atoms with van der Waals surface area (Å²) in [6.45, 7) is 2.27. The Hall–Kier alpha value is -1.35. The first-order valence-electron chi connectivity index (χ1n) is 6.59. The molecule has 1 saturated carbocycles. The molecule has 1 aliphatic carbocycles. The molecule has 4 rings (SSSR count). The average Bonchev–Trinajstić information content (AvgIpc) is 2.93. The van der Waals surface area contributed by atoms with Crippen molar-refractivity contribution in [1.29, 1.82) is 0 Å². The van der Waals surface area contributed by atoms with Crippen LogP contribution in [0, 0.1) is 0 Å². The summed E-state index contributed by atoms with van der Waals surface area (Å²) < 4.78 is 2.34. The van der Waals surface area contributed by atoms with E-state index in [0.717, 1.165) is 19.1 Å². The number of hydrogen-bond acceptors (Lipinski definition) is 2. The van der Waals surface area contributed by atoms with E-state index in [9.17, 15) is 0 Å². The fourth-order valence-electron chi connectivity index (χ4n) is 2.89. The van der Waals surface area contributed by atoms with Crippen LogP contribution >= 0.6 is 0 Å². The van der Waals surface area contributed by atoms with Gasteiger partial charge in [-0.25, -0.2) is 4.98 Å². The van der Waals surface area contributed by atoms with E-state index in [1.54, 1.807) is 0 Å². The number of benzene rings is 1. The minimum Gasteiger partial charge on any atom is -0.327 e. The molecule has 17 heavy (non-hydrogen) atoms. The van der Waals surface area contributed by atoms with Gasteiger partial charge in [-0.15, -0.1) is 0 Å². The normalized spacial score (nSPS) is 24.6. The van der Waals surface area contributed by atoms with E-state index in [1.165, 1.54) is 35.9 Å². The Morgan fingerprint density at radius 3 is 2.94 bits per heavy atom. The van der Waals surface area contributed by atoms with Crippen LogP contribution in [0.2, 0.25) is 0 Å². The van der Waals surface area contributed by atoms with Crippen molar-refractivity contribution in [2.75, 3.05) is 13.1 Å². The number of rotatable bonds is 2. The van der Waals surface area contributed by atoms with Crippen LogP contribution in [-0.4, -0.2) is 22.6 Å². The number of imidazole rings is 1. The third-order valence-electron chi connectivity index (χ3n) is 4.07. The molecule has 2 heterocycles. The van der Waals surface area contributed by atoms with Crippen LogP contribution in [0.3, 0.4) is 0 Å². The lowest BCUT2D eigenvalue weighted by atomic mass is 9.98. The monoisotopic (exact) mass is 227 g/mol. The fraction of sp³-hybridized carbons (Fsp3) is 0.500. The van der Waals surface area contributed by atoms with Crippen molar-refractivity contribution in [3.8, 4) is 0 Å². The predicted octanol–water partition coefficient (Wildman–Crippen LogP) is 2.45. The lowest BCUT2D eigenvalue weighted by Gasteiger charge is -2.08. The molecule has 0 amide bonds. The van der Waals surface area contributed by atoms with Crippen molar-refractivity contribution in [1.82, 2.24) is 14.9 Å². The van der Waals surface area contributed by atoms with Gasteiger partial charge in [0.15, 0.2) is 0 Å². The zero-order chi connectivity index (χ0) is 11.2. The highest BCUT2D eigenvalue weighted by atomic mass is 15.1. The van der Waals surface area contributed by atoms with Gasteiger partial charge in [0.25, 0.3) is 0 Å². The third-order valence-corrected chi connectivity index (χ3v) is 4.07. The summed E-state index contributed by atoms with van der Waals surface area (Å²) in [6, 6.07) is 7.56. The number of nitrogens with one attached hydrogen (secondary N) is 1. The zero-order valence-electron chi connectivity index (χ0n) is 9.89. The second kappa shape index (κ2) is 3.57. The molecular weight excluding hydrogens is 210 g/mol. The molecule has 0 bridgehead atoms. The van der Waals surface area contributed by atoms with Crippen LogP contribution in [-0.2, 0) is 0 Å². The lowest BCUT2D eigenvalue weighted by molar-refractivity contribution is 0.760. The second-order valence-corrected chi connectivity index (χ2v) is 5.32. The maximum absolute atomic E-state index is 4.55. The molecule has 1 aliphatic heterocycles. The van der Waals surface area contributed by atoms with Crippen LogP contribution in [0.1, 0.15) is 36.8 Å². The molecule has 0 spiro atoms. The molecule has 1 saturated heterocycles. The summed E-state index contributed by atoms with van der Waals surface area (Å²) in [5, 5.41) is 3.43. The molecule has 2 aromatic rings. The second-order valence-electron chi connectivity index (χ2n) is 5.32. The van der Waals surface area contributed by atoms with E-state index in [0.29, 0.717) is 5.92 Å². The number of aromatic nitrogens is 2. The quantitative estimate of drug-likeness (QED) is 0.854. The summed E-state index contributed by atoms with van der Waals surface area (Å²) in [6.07, 6.45) is 5.91. The van der Waals surface area contributed by atoms with Crippen molar-refractivity contribution in [3.05, 3.63) is 30.1 Å². The molecular formula is C14H17N3. The van der Waals surface area contributed by atoms with Crippen molar-refractivity contribution in [2.45, 2.75) is 31.2 Å². The van der Waals surface area contributed by atoms with Crippen LogP contribution in [0.5, 0.6) is 0 Å². The number of hydrogen-bond donors (Lipinski definition) is 1. The van der Waals surface area contributed by atoms with E-state index in [2.05, 4.69) is 33.1 Å². The average molecular weight is 227 g/mol. The van der Waals surface area contributed by atoms with Gasteiger partial charge in [-0.1, -0.05) is 6.07 Å². The highest BCUT2D eigenvalue weighted by molar-refractivity contribution is 5.76. The molecule has 2 fully saturated rings. The molecule has 2 aliphatic rings. The van der Waals surface area contributed by atoms with Gasteiger partial charge < -0.3 is 9.88 Å². The number of fused-ring (bicyclic) bond motifs is 1. The molecule has 1 aromatic carbocycles. The fourth-order valence-corrected chi connectivity index (χ4v) is 2.89. The Morgan fingerprint density at radius 1 is 1.24 bits per heavy atom. The zero-order valence-corrected chi connectivity index (χ0v) is 9.89. The van der Waals surface area contributed by atoms with Gasteiger partial charge in [0, 0.05) is 12.6 Å². The largest absolute Gasteiger partial charge is 0.327 e. The third kappa shape index (κ3) is 1.57. The van der Waals surface area contributed by atoms with E-state index >= 15 is 0 Å². The van der Waals surface area contributed by atoms with Crippen LogP contribution in [0.15, 0.2) is 24.5 Å². The van der Waals surface area contributed by atoms with Crippen molar-refractivity contribution in [2.24, 2.45) is 0 Å². The van der Waals surface area contributed by atoms with Gasteiger partial charge in [-0.2, -0.15) is 0 Å². The summed E-state index contributed by atoms with van der Waals surface area (Å²) in [4.78, 5) is 4.55. The van der Waals surface area contributed by atoms with Crippen molar-refractivity contribution >= 4 is 11.0 Å². The molecule has 3 heteroatoms. The molecule has 1 N–H and O–H groups in total. The number of nitrogens with zero attached hydrogens (tertiary/aromatic N) is 2. The van der Waals surface area contributed by atoms with Gasteiger partial charge >= 0.3 is 0 Å². The summed E-state index contributed by atoms with van der Waals surface area (Å²) >= 11 is 0. The predicted molar refractivity (Wildman–Crippen MR) is 68.2 cm³/mol. The molecule has 1 atom stereocenters. The van der Waals surface area contributed by atoms with E-state index in [-0.39, 0.29) is 0 Å². The first-order valence-corrected chi connectivity index (χ1v) is 6.59. The van der Waals surface area contributed by atoms with Crippen LogP contribution in [0.25, 0.3) is 11.0 Å². The first kappa shape index (κ1) is 9.66. The minimum atomic E-state index is 0.686. The van der Waals surface area contributed by atoms with Gasteiger partial charge in [0.1, 0.15) is 0 Å². The van der Waals surface area contributed by atoms with Crippen molar-refractivity contribution < 1.29 is 0 Å². The van der Waals surface area contributed by atoms with E-state index in [1.807, 2.05) is 6.33 Å². The van der Waals surface area contributed by atoms with Gasteiger partial charge in [0.2, 0.25) is 0 Å². The Bertz CT molecular complexity index is 548. The highest BCUT2D eigenvalue weighted by Crippen LogP contribution is 2.37. The van der Waals surface area contributed by atoms with Gasteiger partial charge in [0.05, 0.1) is 17.4 Å². The summed E-state index contributed by atoms with van der Waals surface area (Å²) in [5.74, 6) is 0.686. The first-order chi connectivity index (χ1) is 8.42. The molecule has 3 nitrogen and oxygen atoms in total. The van der Waals surface area contributed by atoms with Crippen molar-refractivity contribution in [3.63, 3.8) is 0 Å². The Kier molecular flexibility index (Phi) is 2.03. The maximum Gasteiger partial charge on any atom is 0.0960 e. The molecule has 0 radical (unpaired) electrons. The molecule has 1 aromatic heterocycles. The van der Waals surface area contributed by atoms with Crippen LogP contribution in [0.4, 0.5) is 0 Å². The topological polar surface area (TPSA) is 29.9 Å². The minimum absolute atomic E-state index is 0.686. The molecule has 1 unspecified atom stereocenters. The smallest absolute Gasteiger partial charge is 0.0960 e. The van der Waals surface area contributed by atoms with Gasteiger partial charge in [-0.05, 0) is 49.4 Å². The molecule has 88 valence electrons. The van der Waals surface area contributed by atoms with Crippen LogP contribution < -0.4 is 5.32 Å².